The third-order valence-corrected chi connectivity index (χ3v) is 6.72. The van der Waals surface area contributed by atoms with Crippen LogP contribution in [0.1, 0.15) is 47.7 Å². The minimum atomic E-state index is 0.116. The highest BCUT2D eigenvalue weighted by molar-refractivity contribution is 5.81. The number of hydrogen-bond donors (Lipinski definition) is 0. The Morgan fingerprint density at radius 3 is 2.49 bits per heavy atom. The molecule has 1 unspecified atom stereocenters. The second kappa shape index (κ2) is 10.3. The van der Waals surface area contributed by atoms with E-state index in [1.807, 2.05) is 29.2 Å². The lowest BCUT2D eigenvalue weighted by Crippen LogP contribution is -2.24. The molecule has 1 aliphatic heterocycles. The molecule has 1 amide bonds. The highest BCUT2D eigenvalue weighted by Gasteiger charge is 2.33. The normalized spacial score (nSPS) is 15.8. The SMILES string of the molecule is Cc1cc(C)cc(OCCCCn2c(C3CC(=O)N(Cc4ccccc4)C3)nc3ccccc32)c1. The number of hydrogen-bond acceptors (Lipinski definition) is 3. The zero-order valence-corrected chi connectivity index (χ0v) is 20.6. The molecule has 0 spiro atoms. The number of rotatable bonds is 9. The number of unbranched alkanes of at least 4 members (excludes halogenated alkanes) is 1. The zero-order chi connectivity index (χ0) is 24.2. The minimum absolute atomic E-state index is 0.116. The van der Waals surface area contributed by atoms with Crippen LogP contribution in [0, 0.1) is 13.8 Å². The van der Waals surface area contributed by atoms with Crippen molar-refractivity contribution in [1.29, 1.82) is 0 Å². The van der Waals surface area contributed by atoms with Crippen molar-refractivity contribution in [2.45, 2.75) is 52.1 Å². The molecular formula is C30H33N3O2. The fourth-order valence-corrected chi connectivity index (χ4v) is 5.12. The zero-order valence-electron chi connectivity index (χ0n) is 20.6. The second-order valence-electron chi connectivity index (χ2n) is 9.65. The Hall–Kier alpha value is -3.60. The lowest BCUT2D eigenvalue weighted by Gasteiger charge is -2.17. The van der Waals surface area contributed by atoms with Crippen LogP contribution in [-0.2, 0) is 17.9 Å². The number of imidazole rings is 1. The summed E-state index contributed by atoms with van der Waals surface area (Å²) in [6.45, 7) is 7.13. The molecule has 3 aromatic carbocycles. The van der Waals surface area contributed by atoms with Gasteiger partial charge in [-0.05, 0) is 67.6 Å². The van der Waals surface area contributed by atoms with E-state index in [2.05, 4.69) is 66.9 Å². The minimum Gasteiger partial charge on any atom is -0.494 e. The fraction of sp³-hybridized carbons (Fsp3) is 0.333. The molecule has 5 heteroatoms. The van der Waals surface area contributed by atoms with Gasteiger partial charge in [-0.1, -0.05) is 48.5 Å². The van der Waals surface area contributed by atoms with Crippen LogP contribution in [0.25, 0.3) is 11.0 Å². The number of aryl methyl sites for hydroxylation is 3. The monoisotopic (exact) mass is 467 g/mol. The molecule has 1 fully saturated rings. The van der Waals surface area contributed by atoms with Gasteiger partial charge < -0.3 is 14.2 Å². The van der Waals surface area contributed by atoms with E-state index in [0.29, 0.717) is 26.1 Å². The average Bonchev–Trinajstić information content (AvgIpc) is 3.39. The third kappa shape index (κ3) is 5.40. The summed E-state index contributed by atoms with van der Waals surface area (Å²) in [6, 6.07) is 24.9. The van der Waals surface area contributed by atoms with Crippen molar-refractivity contribution >= 4 is 16.9 Å². The van der Waals surface area contributed by atoms with E-state index in [0.717, 1.165) is 42.0 Å². The van der Waals surface area contributed by atoms with E-state index >= 15 is 0 Å². The van der Waals surface area contributed by atoms with Crippen molar-refractivity contribution in [2.75, 3.05) is 13.2 Å². The summed E-state index contributed by atoms with van der Waals surface area (Å²) >= 11 is 0. The summed E-state index contributed by atoms with van der Waals surface area (Å²) in [5.74, 6) is 2.30. The first kappa shape index (κ1) is 23.2. The molecular weight excluding hydrogens is 434 g/mol. The molecule has 1 saturated heterocycles. The maximum atomic E-state index is 12.8. The van der Waals surface area contributed by atoms with Crippen molar-refractivity contribution < 1.29 is 9.53 Å². The van der Waals surface area contributed by atoms with Gasteiger partial charge in [0.25, 0.3) is 0 Å². The largest absolute Gasteiger partial charge is 0.494 e. The lowest BCUT2D eigenvalue weighted by molar-refractivity contribution is -0.128. The first-order valence-corrected chi connectivity index (χ1v) is 12.5. The molecule has 0 radical (unpaired) electrons. The Kier molecular flexibility index (Phi) is 6.84. The molecule has 0 N–H and O–H groups in total. The molecule has 2 heterocycles. The number of benzene rings is 3. The highest BCUT2D eigenvalue weighted by Crippen LogP contribution is 2.31. The van der Waals surface area contributed by atoms with Crippen LogP contribution >= 0.6 is 0 Å². The topological polar surface area (TPSA) is 47.4 Å². The number of carbonyl (C=O) groups is 1. The van der Waals surface area contributed by atoms with Crippen LogP contribution < -0.4 is 4.74 Å². The smallest absolute Gasteiger partial charge is 0.223 e. The van der Waals surface area contributed by atoms with Crippen molar-refractivity contribution in [3.63, 3.8) is 0 Å². The van der Waals surface area contributed by atoms with Crippen molar-refractivity contribution in [3.8, 4) is 5.75 Å². The number of likely N-dealkylation sites (tertiary alicyclic amines) is 1. The molecule has 0 aliphatic carbocycles. The predicted molar refractivity (Wildman–Crippen MR) is 140 cm³/mol. The van der Waals surface area contributed by atoms with E-state index in [1.165, 1.54) is 16.7 Å². The summed E-state index contributed by atoms with van der Waals surface area (Å²) < 4.78 is 8.34. The van der Waals surface area contributed by atoms with E-state index in [4.69, 9.17) is 9.72 Å². The maximum Gasteiger partial charge on any atom is 0.223 e. The van der Waals surface area contributed by atoms with Crippen LogP contribution in [0.2, 0.25) is 0 Å². The van der Waals surface area contributed by atoms with Crippen molar-refractivity contribution in [3.05, 3.63) is 95.3 Å². The van der Waals surface area contributed by atoms with E-state index in [-0.39, 0.29) is 11.8 Å². The van der Waals surface area contributed by atoms with Crippen LogP contribution in [0.3, 0.4) is 0 Å². The number of para-hydroxylation sites is 2. The van der Waals surface area contributed by atoms with E-state index in [9.17, 15) is 4.79 Å². The molecule has 0 saturated carbocycles. The van der Waals surface area contributed by atoms with Crippen LogP contribution in [0.5, 0.6) is 5.75 Å². The van der Waals surface area contributed by atoms with Gasteiger partial charge in [-0.15, -0.1) is 0 Å². The second-order valence-corrected chi connectivity index (χ2v) is 9.65. The first-order valence-electron chi connectivity index (χ1n) is 12.5. The summed E-state index contributed by atoms with van der Waals surface area (Å²) in [6.07, 6.45) is 2.47. The van der Waals surface area contributed by atoms with Crippen molar-refractivity contribution in [2.24, 2.45) is 0 Å². The number of fused-ring (bicyclic) bond motifs is 1. The Morgan fingerprint density at radius 2 is 1.69 bits per heavy atom. The quantitative estimate of drug-likeness (QED) is 0.283. The van der Waals surface area contributed by atoms with Crippen LogP contribution in [0.4, 0.5) is 0 Å². The van der Waals surface area contributed by atoms with Gasteiger partial charge in [0, 0.05) is 32.0 Å². The van der Waals surface area contributed by atoms with Gasteiger partial charge in [0.15, 0.2) is 0 Å². The number of amides is 1. The molecule has 1 aliphatic rings. The lowest BCUT2D eigenvalue weighted by atomic mass is 10.1. The third-order valence-electron chi connectivity index (χ3n) is 6.72. The predicted octanol–water partition coefficient (Wildman–Crippen LogP) is 6.03. The standard InChI is InChI=1S/C30H33N3O2/c1-22-16-23(2)18-26(17-22)35-15-9-8-14-33-28-13-7-6-12-27(28)31-30(33)25-19-29(34)32(21-25)20-24-10-4-3-5-11-24/h3-7,10-13,16-18,25H,8-9,14-15,19-21H2,1-2H3. The first-order chi connectivity index (χ1) is 17.1. The number of aromatic nitrogens is 2. The summed E-state index contributed by atoms with van der Waals surface area (Å²) in [5, 5.41) is 0. The van der Waals surface area contributed by atoms with Gasteiger partial charge in [0.2, 0.25) is 5.91 Å². The van der Waals surface area contributed by atoms with E-state index < -0.39 is 0 Å². The van der Waals surface area contributed by atoms with Gasteiger partial charge in [-0.2, -0.15) is 0 Å². The molecule has 4 aromatic rings. The molecule has 180 valence electrons. The summed E-state index contributed by atoms with van der Waals surface area (Å²) in [7, 11) is 0. The molecule has 1 aromatic heterocycles. The Balaban J connectivity index is 1.25. The Bertz CT molecular complexity index is 1290. The van der Waals surface area contributed by atoms with Gasteiger partial charge in [-0.3, -0.25) is 4.79 Å². The molecule has 0 bridgehead atoms. The molecule has 1 atom stereocenters. The Labute approximate surface area is 207 Å². The number of carbonyl (C=O) groups excluding carboxylic acids is 1. The van der Waals surface area contributed by atoms with Crippen LogP contribution in [-0.4, -0.2) is 33.5 Å². The molecule has 5 rings (SSSR count). The Morgan fingerprint density at radius 1 is 0.943 bits per heavy atom. The highest BCUT2D eigenvalue weighted by atomic mass is 16.5. The van der Waals surface area contributed by atoms with Crippen molar-refractivity contribution in [1.82, 2.24) is 14.5 Å². The van der Waals surface area contributed by atoms with E-state index in [1.54, 1.807) is 0 Å². The summed E-state index contributed by atoms with van der Waals surface area (Å²) in [5.41, 5.74) is 5.76. The van der Waals surface area contributed by atoms with Gasteiger partial charge in [0.1, 0.15) is 11.6 Å². The van der Waals surface area contributed by atoms with Gasteiger partial charge in [-0.25, -0.2) is 4.98 Å². The number of ether oxygens (including phenoxy) is 1. The molecule has 35 heavy (non-hydrogen) atoms. The maximum absolute atomic E-state index is 12.8. The fourth-order valence-electron chi connectivity index (χ4n) is 5.12. The number of nitrogens with zero attached hydrogens (tertiary/aromatic N) is 3. The molecule has 5 nitrogen and oxygen atoms in total. The van der Waals surface area contributed by atoms with Gasteiger partial charge >= 0.3 is 0 Å². The van der Waals surface area contributed by atoms with Crippen LogP contribution in [0.15, 0.2) is 72.8 Å². The average molecular weight is 468 g/mol. The van der Waals surface area contributed by atoms with Gasteiger partial charge in [0.05, 0.1) is 17.6 Å². The summed E-state index contributed by atoms with van der Waals surface area (Å²) in [4.78, 5) is 19.8.